The fourth-order valence-corrected chi connectivity index (χ4v) is 6.94. The Hall–Kier alpha value is 0.128. The van der Waals surface area contributed by atoms with Crippen LogP contribution in [0.15, 0.2) is 93.2 Å². The van der Waals surface area contributed by atoms with Crippen molar-refractivity contribution >= 4 is 0 Å². The Balaban J connectivity index is 0.000000178. The van der Waals surface area contributed by atoms with Gasteiger partial charge in [0.2, 0.25) is 0 Å². The summed E-state index contributed by atoms with van der Waals surface area (Å²) in [5.41, 5.74) is 11.0. The molecule has 22 radical (unpaired) electrons. The summed E-state index contributed by atoms with van der Waals surface area (Å²) in [6.45, 7) is 25.9. The summed E-state index contributed by atoms with van der Waals surface area (Å²) in [7, 11) is 0. The molecular formula is C48H52Y2. The molecule has 8 aliphatic rings. The first-order valence-corrected chi connectivity index (χ1v) is 17.3. The smallest absolute Gasteiger partial charge is 0.0160 e. The van der Waals surface area contributed by atoms with Crippen molar-refractivity contribution in [1.29, 1.82) is 0 Å². The Morgan fingerprint density at radius 3 is 0.400 bits per heavy atom. The molecule has 0 saturated heterocycles. The summed E-state index contributed by atoms with van der Waals surface area (Å²) in [5, 5.41) is 0. The standard InChI is InChI=1S/4C12H13.2Y/c4*1-8-6-11-9(2)4-5-10(3)12(11)7-8;;/h4*4-7H,1-3H3;;. The van der Waals surface area contributed by atoms with Gasteiger partial charge in [-0.05, 0) is 130 Å². The summed E-state index contributed by atoms with van der Waals surface area (Å²) >= 11 is 0. The second-order valence-corrected chi connectivity index (χ2v) is 14.2. The molecule has 0 atom stereocenters. The molecule has 0 heterocycles. The molecule has 0 bridgehead atoms. The van der Waals surface area contributed by atoms with E-state index in [9.17, 15) is 0 Å². The number of fused-ring (bicyclic) bond motifs is 4. The number of rotatable bonds is 0. The minimum absolute atomic E-state index is 0. The molecule has 4 fully saturated rings. The van der Waals surface area contributed by atoms with Gasteiger partial charge in [-0.2, -0.15) is 0 Å². The molecule has 0 aromatic heterocycles. The van der Waals surface area contributed by atoms with E-state index in [1.807, 2.05) is 0 Å². The third-order valence-electron chi connectivity index (χ3n) is 9.87. The Morgan fingerprint density at radius 1 is 0.200 bits per heavy atom. The zero-order valence-electron chi connectivity index (χ0n) is 32.4. The first-order chi connectivity index (χ1) is 22.7. The fourth-order valence-electron chi connectivity index (χ4n) is 6.94. The molecule has 0 spiro atoms. The predicted octanol–water partition coefficient (Wildman–Crippen LogP) is 12.2. The van der Waals surface area contributed by atoms with Gasteiger partial charge in [-0.15, -0.1) is 0 Å². The van der Waals surface area contributed by atoms with Crippen LogP contribution in [-0.4, -0.2) is 0 Å². The van der Waals surface area contributed by atoms with Crippen LogP contribution in [0, 0.1) is 122 Å². The van der Waals surface area contributed by atoms with Crippen molar-refractivity contribution < 1.29 is 65.4 Å². The maximum Gasteiger partial charge on any atom is 0.0160 e. The van der Waals surface area contributed by atoms with E-state index in [1.54, 1.807) is 0 Å². The Bertz CT molecular complexity index is 1100. The van der Waals surface area contributed by atoms with E-state index >= 15 is 0 Å². The van der Waals surface area contributed by atoms with Gasteiger partial charge in [0.05, 0.1) is 0 Å². The van der Waals surface area contributed by atoms with Gasteiger partial charge in [-0.3, -0.25) is 0 Å². The molecule has 0 aromatic carbocycles. The molecule has 0 aliphatic heterocycles. The van der Waals surface area contributed by atoms with Crippen molar-refractivity contribution in [2.75, 3.05) is 0 Å². The maximum absolute atomic E-state index is 2.26. The minimum atomic E-state index is 0. The first-order valence-electron chi connectivity index (χ1n) is 17.3. The number of hydrogen-bond donors (Lipinski definition) is 0. The number of hydrogen-bond acceptors (Lipinski definition) is 0. The average molecular weight is 807 g/mol. The summed E-state index contributed by atoms with van der Waals surface area (Å²) in [5.74, 6) is 16.7. The second kappa shape index (κ2) is 19.6. The molecule has 8 aliphatic carbocycles. The Morgan fingerprint density at radius 2 is 0.300 bits per heavy atom. The molecule has 2 heteroatoms. The number of allylic oxidation sites excluding steroid dienone is 16. The third-order valence-corrected chi connectivity index (χ3v) is 9.87. The molecule has 0 nitrogen and oxygen atoms in total. The van der Waals surface area contributed by atoms with E-state index in [0.29, 0.717) is 0 Å². The van der Waals surface area contributed by atoms with Crippen LogP contribution in [0.1, 0.15) is 83.1 Å². The van der Waals surface area contributed by atoms with Crippen LogP contribution in [0.3, 0.4) is 0 Å². The molecular weight excluding hydrogens is 754 g/mol. The third kappa shape index (κ3) is 10.7. The van der Waals surface area contributed by atoms with Crippen molar-refractivity contribution in [3.8, 4) is 0 Å². The van der Waals surface area contributed by atoms with Crippen LogP contribution >= 0.6 is 0 Å². The van der Waals surface area contributed by atoms with E-state index < -0.39 is 0 Å². The molecule has 0 N–H and O–H groups in total. The van der Waals surface area contributed by atoms with Crippen molar-refractivity contribution in [1.82, 2.24) is 0 Å². The first kappa shape index (κ1) is 44.5. The van der Waals surface area contributed by atoms with E-state index in [2.05, 4.69) is 183 Å². The van der Waals surface area contributed by atoms with Gasteiger partial charge >= 0.3 is 0 Å². The normalized spacial score (nSPS) is 25.8. The van der Waals surface area contributed by atoms with E-state index in [1.165, 1.54) is 116 Å². The molecule has 0 unspecified atom stereocenters. The van der Waals surface area contributed by atoms with Gasteiger partial charge < -0.3 is 0 Å². The molecule has 250 valence electrons. The SMILES string of the molecule is C[C]1[CH][C]2[C]([CH]1)C(C)=CC=C2C.C[C]1[CH][C]2[C]([CH]1)C(C)=CC=C2C.C[C]1[CH][C]2[C]([CH]1)C(C)=CC=C2C.C[C]1[CH][C]2[C]([CH]1)C(C)=CC=C2C.[Y].[Y]. The van der Waals surface area contributed by atoms with Crippen LogP contribution < -0.4 is 0 Å². The van der Waals surface area contributed by atoms with Crippen LogP contribution in [-0.2, 0) is 65.4 Å². The maximum atomic E-state index is 2.26. The molecule has 50 heavy (non-hydrogen) atoms. The Labute approximate surface area is 360 Å². The largest absolute Gasteiger partial charge is 0.0650 e. The van der Waals surface area contributed by atoms with Crippen LogP contribution in [0.25, 0.3) is 0 Å². The molecule has 0 amide bonds. The topological polar surface area (TPSA) is 0 Å². The second-order valence-electron chi connectivity index (χ2n) is 14.2. The summed E-state index contributed by atoms with van der Waals surface area (Å²) in [4.78, 5) is 0. The van der Waals surface area contributed by atoms with Crippen molar-refractivity contribution in [3.63, 3.8) is 0 Å². The van der Waals surface area contributed by atoms with Gasteiger partial charge in [-0.1, -0.05) is 121 Å². The summed E-state index contributed by atoms with van der Waals surface area (Å²) in [6.07, 6.45) is 35.6. The molecule has 8 rings (SSSR count). The van der Waals surface area contributed by atoms with E-state index in [0.717, 1.165) is 0 Å². The fraction of sp³-hybridized carbons (Fsp3) is 0.250. The minimum Gasteiger partial charge on any atom is -0.0650 e. The van der Waals surface area contributed by atoms with Crippen molar-refractivity contribution in [2.45, 2.75) is 83.1 Å². The predicted molar refractivity (Wildman–Crippen MR) is 206 cm³/mol. The van der Waals surface area contributed by atoms with Gasteiger partial charge in [0.15, 0.2) is 0 Å². The zero-order chi connectivity index (χ0) is 34.9. The monoisotopic (exact) mass is 806 g/mol. The average Bonchev–Trinajstić information content (AvgIpc) is 3.83. The van der Waals surface area contributed by atoms with Crippen molar-refractivity contribution in [2.24, 2.45) is 0 Å². The summed E-state index contributed by atoms with van der Waals surface area (Å²) < 4.78 is 0. The van der Waals surface area contributed by atoms with Crippen LogP contribution in [0.5, 0.6) is 0 Å². The van der Waals surface area contributed by atoms with Crippen LogP contribution in [0.4, 0.5) is 0 Å². The van der Waals surface area contributed by atoms with Gasteiger partial charge in [-0.25, -0.2) is 0 Å². The molecule has 0 aromatic rings. The van der Waals surface area contributed by atoms with Gasteiger partial charge in [0.1, 0.15) is 0 Å². The zero-order valence-corrected chi connectivity index (χ0v) is 38.1. The van der Waals surface area contributed by atoms with E-state index in [-0.39, 0.29) is 65.4 Å². The van der Waals surface area contributed by atoms with E-state index in [4.69, 9.17) is 0 Å². The Kier molecular flexibility index (Phi) is 17.5. The van der Waals surface area contributed by atoms with Gasteiger partial charge in [0.25, 0.3) is 0 Å². The van der Waals surface area contributed by atoms with Crippen molar-refractivity contribution in [3.05, 3.63) is 216 Å². The summed E-state index contributed by atoms with van der Waals surface area (Å²) in [6, 6.07) is 0. The van der Waals surface area contributed by atoms with Gasteiger partial charge in [0, 0.05) is 113 Å². The quantitative estimate of drug-likeness (QED) is 0.229. The molecule has 4 saturated carbocycles. The van der Waals surface area contributed by atoms with Crippen LogP contribution in [0.2, 0.25) is 0 Å².